The first kappa shape index (κ1) is 19.4. The third kappa shape index (κ3) is 5.85. The molecule has 1 heterocycles. The van der Waals surface area contributed by atoms with E-state index in [9.17, 15) is 14.7 Å². The number of carbonyl (C=O) groups excluding carboxylic acids is 2. The van der Waals surface area contributed by atoms with Gasteiger partial charge >= 0.3 is 0 Å². The van der Waals surface area contributed by atoms with Crippen molar-refractivity contribution >= 4 is 11.8 Å². The van der Waals surface area contributed by atoms with Crippen LogP contribution in [-0.2, 0) is 16.1 Å². The number of hydrogen-bond acceptors (Lipinski definition) is 3. The zero-order chi connectivity index (χ0) is 18.4. The largest absolute Gasteiger partial charge is 0.389 e. The van der Waals surface area contributed by atoms with Crippen molar-refractivity contribution in [3.63, 3.8) is 0 Å². The zero-order valence-electron chi connectivity index (χ0n) is 15.6. The number of hydrogen-bond donors (Lipinski definition) is 1. The summed E-state index contributed by atoms with van der Waals surface area (Å²) in [6, 6.07) is 9.81. The van der Waals surface area contributed by atoms with Gasteiger partial charge in [-0.2, -0.15) is 0 Å². The van der Waals surface area contributed by atoms with Crippen LogP contribution in [0.25, 0.3) is 0 Å². The second kappa shape index (κ2) is 8.48. The minimum Gasteiger partial charge on any atom is -0.389 e. The molecule has 0 saturated carbocycles. The molecule has 0 aromatic heterocycles. The minimum absolute atomic E-state index is 0.0274. The molecule has 1 unspecified atom stereocenters. The minimum atomic E-state index is -0.960. The van der Waals surface area contributed by atoms with Crippen molar-refractivity contribution < 1.29 is 14.7 Å². The number of carbonyl (C=O) groups is 2. The summed E-state index contributed by atoms with van der Waals surface area (Å²) in [5.74, 6) is -0.0514. The van der Waals surface area contributed by atoms with Gasteiger partial charge in [0.1, 0.15) is 0 Å². The van der Waals surface area contributed by atoms with Crippen molar-refractivity contribution in [3.05, 3.63) is 35.9 Å². The maximum absolute atomic E-state index is 13.1. The van der Waals surface area contributed by atoms with E-state index in [-0.39, 0.29) is 24.3 Å². The van der Waals surface area contributed by atoms with Crippen LogP contribution in [-0.4, -0.2) is 52.0 Å². The molecule has 1 aromatic carbocycles. The van der Waals surface area contributed by atoms with Gasteiger partial charge in [-0.05, 0) is 32.3 Å². The molecule has 1 aromatic rings. The summed E-state index contributed by atoms with van der Waals surface area (Å²) in [6.45, 7) is 7.26. The van der Waals surface area contributed by atoms with Gasteiger partial charge in [-0.25, -0.2) is 0 Å². The first-order valence-electron chi connectivity index (χ1n) is 9.13. The molecule has 0 aliphatic carbocycles. The number of nitrogens with zero attached hydrogens (tertiary/aromatic N) is 2. The molecule has 138 valence electrons. The van der Waals surface area contributed by atoms with Gasteiger partial charge in [0.2, 0.25) is 11.8 Å². The fourth-order valence-corrected chi connectivity index (χ4v) is 3.37. The molecule has 1 N–H and O–H groups in total. The Labute approximate surface area is 150 Å². The predicted molar refractivity (Wildman–Crippen MR) is 97.8 cm³/mol. The normalized spacial score (nSPS) is 18.1. The van der Waals surface area contributed by atoms with Crippen LogP contribution in [0.3, 0.4) is 0 Å². The van der Waals surface area contributed by atoms with Crippen molar-refractivity contribution in [3.8, 4) is 0 Å². The van der Waals surface area contributed by atoms with Crippen LogP contribution < -0.4 is 0 Å². The molecule has 0 bridgehead atoms. The lowest BCUT2D eigenvalue weighted by Gasteiger charge is -2.36. The van der Waals surface area contributed by atoms with Crippen LogP contribution in [0.15, 0.2) is 30.3 Å². The SMILES string of the molecule is CCC(=O)N1CCCC(C(=O)N(Cc2ccccc2)CC(C)(C)O)C1. The van der Waals surface area contributed by atoms with Gasteiger partial charge in [0.15, 0.2) is 0 Å². The molecule has 5 nitrogen and oxygen atoms in total. The molecule has 1 fully saturated rings. The Kier molecular flexibility index (Phi) is 6.59. The number of amides is 2. The van der Waals surface area contributed by atoms with Crippen LogP contribution in [0.2, 0.25) is 0 Å². The summed E-state index contributed by atoms with van der Waals surface area (Å²) in [5.41, 5.74) is 0.0790. The first-order valence-corrected chi connectivity index (χ1v) is 9.13. The highest BCUT2D eigenvalue weighted by atomic mass is 16.3. The molecule has 0 radical (unpaired) electrons. The number of likely N-dealkylation sites (tertiary alicyclic amines) is 1. The van der Waals surface area contributed by atoms with Crippen LogP contribution >= 0.6 is 0 Å². The van der Waals surface area contributed by atoms with Crippen LogP contribution in [0.5, 0.6) is 0 Å². The van der Waals surface area contributed by atoms with E-state index < -0.39 is 5.60 Å². The van der Waals surface area contributed by atoms with Gasteiger partial charge in [0, 0.05) is 32.6 Å². The predicted octanol–water partition coefficient (Wildman–Crippen LogP) is 2.43. The molecular formula is C20H30N2O3. The number of benzene rings is 1. The molecular weight excluding hydrogens is 316 g/mol. The molecule has 2 amide bonds. The van der Waals surface area contributed by atoms with Crippen LogP contribution in [0.1, 0.15) is 45.6 Å². The lowest BCUT2D eigenvalue weighted by molar-refractivity contribution is -0.143. The highest BCUT2D eigenvalue weighted by Crippen LogP contribution is 2.22. The van der Waals surface area contributed by atoms with Crippen molar-refractivity contribution in [1.29, 1.82) is 0 Å². The lowest BCUT2D eigenvalue weighted by Crippen LogP contribution is -2.49. The van der Waals surface area contributed by atoms with Gasteiger partial charge in [0.25, 0.3) is 0 Å². The third-order valence-corrected chi connectivity index (χ3v) is 4.53. The summed E-state index contributed by atoms with van der Waals surface area (Å²) < 4.78 is 0. The van der Waals surface area contributed by atoms with E-state index in [2.05, 4.69) is 0 Å². The number of rotatable bonds is 6. The fraction of sp³-hybridized carbons (Fsp3) is 0.600. The van der Waals surface area contributed by atoms with Crippen LogP contribution in [0.4, 0.5) is 0 Å². The number of aliphatic hydroxyl groups is 1. The Morgan fingerprint density at radius 3 is 2.56 bits per heavy atom. The molecule has 1 aliphatic rings. The van der Waals surface area contributed by atoms with E-state index in [1.807, 2.05) is 37.3 Å². The second-order valence-electron chi connectivity index (χ2n) is 7.52. The van der Waals surface area contributed by atoms with E-state index in [4.69, 9.17) is 0 Å². The maximum atomic E-state index is 13.1. The Hall–Kier alpha value is -1.88. The fourth-order valence-electron chi connectivity index (χ4n) is 3.37. The molecule has 1 atom stereocenters. The Morgan fingerprint density at radius 1 is 1.28 bits per heavy atom. The highest BCUT2D eigenvalue weighted by molar-refractivity contribution is 5.81. The summed E-state index contributed by atoms with van der Waals surface area (Å²) >= 11 is 0. The average Bonchev–Trinajstić information content (AvgIpc) is 2.59. The Morgan fingerprint density at radius 2 is 1.96 bits per heavy atom. The van der Waals surface area contributed by atoms with Crippen molar-refractivity contribution in [2.24, 2.45) is 5.92 Å². The summed E-state index contributed by atoms with van der Waals surface area (Å²) in [7, 11) is 0. The maximum Gasteiger partial charge on any atom is 0.227 e. The Balaban J connectivity index is 2.12. The first-order chi connectivity index (χ1) is 11.8. The van der Waals surface area contributed by atoms with Gasteiger partial charge < -0.3 is 14.9 Å². The molecule has 2 rings (SSSR count). The highest BCUT2D eigenvalue weighted by Gasteiger charge is 2.32. The monoisotopic (exact) mass is 346 g/mol. The molecule has 0 spiro atoms. The molecule has 1 saturated heterocycles. The van der Waals surface area contributed by atoms with Gasteiger partial charge in [-0.1, -0.05) is 37.3 Å². The summed E-state index contributed by atoms with van der Waals surface area (Å²) in [4.78, 5) is 28.6. The third-order valence-electron chi connectivity index (χ3n) is 4.53. The number of piperidine rings is 1. The van der Waals surface area contributed by atoms with Crippen molar-refractivity contribution in [2.45, 2.75) is 52.2 Å². The smallest absolute Gasteiger partial charge is 0.227 e. The van der Waals surface area contributed by atoms with Crippen molar-refractivity contribution in [2.75, 3.05) is 19.6 Å². The summed E-state index contributed by atoms with van der Waals surface area (Å²) in [5, 5.41) is 10.2. The van der Waals surface area contributed by atoms with Crippen LogP contribution in [0, 0.1) is 5.92 Å². The summed E-state index contributed by atoms with van der Waals surface area (Å²) in [6.07, 6.45) is 2.12. The van der Waals surface area contributed by atoms with Gasteiger partial charge in [-0.15, -0.1) is 0 Å². The zero-order valence-corrected chi connectivity index (χ0v) is 15.6. The van der Waals surface area contributed by atoms with E-state index in [0.717, 1.165) is 24.9 Å². The van der Waals surface area contributed by atoms with Crippen molar-refractivity contribution in [1.82, 2.24) is 9.80 Å². The standard InChI is InChI=1S/C20H30N2O3/c1-4-18(23)21-12-8-11-17(14-21)19(24)22(15-20(2,3)25)13-16-9-6-5-7-10-16/h5-7,9-10,17,25H,4,8,11-15H2,1-3H3. The molecule has 25 heavy (non-hydrogen) atoms. The van der Waals surface area contributed by atoms with Gasteiger partial charge in [0.05, 0.1) is 11.5 Å². The van der Waals surface area contributed by atoms with E-state index in [0.29, 0.717) is 19.5 Å². The van der Waals surface area contributed by atoms with E-state index in [1.54, 1.807) is 23.6 Å². The second-order valence-corrected chi connectivity index (χ2v) is 7.52. The van der Waals surface area contributed by atoms with E-state index >= 15 is 0 Å². The molecule has 5 heteroatoms. The quantitative estimate of drug-likeness (QED) is 0.861. The topological polar surface area (TPSA) is 60.9 Å². The van der Waals surface area contributed by atoms with E-state index in [1.165, 1.54) is 0 Å². The lowest BCUT2D eigenvalue weighted by atomic mass is 9.95. The van der Waals surface area contributed by atoms with Gasteiger partial charge in [-0.3, -0.25) is 9.59 Å². The molecule has 1 aliphatic heterocycles. The Bertz CT molecular complexity index is 580. The average molecular weight is 346 g/mol.